The number of anilines is 2. The van der Waals surface area contributed by atoms with Crippen molar-refractivity contribution in [3.63, 3.8) is 0 Å². The summed E-state index contributed by atoms with van der Waals surface area (Å²) in [5.41, 5.74) is 6.27. The molecule has 2 aromatic heterocycles. The molecule has 1 unspecified atom stereocenters. The maximum Gasteiger partial charge on any atom is 0.247 e. The van der Waals surface area contributed by atoms with Crippen molar-refractivity contribution >= 4 is 39.9 Å². The minimum atomic E-state index is -1.35. The van der Waals surface area contributed by atoms with E-state index in [0.717, 1.165) is 10.7 Å². The molecule has 1 amide bonds. The topological polar surface area (TPSA) is 117 Å². The number of nitrogens with one attached hydrogen (secondary N) is 1. The first-order chi connectivity index (χ1) is 16.9. The van der Waals surface area contributed by atoms with Gasteiger partial charge in [-0.2, -0.15) is 5.10 Å². The highest BCUT2D eigenvalue weighted by Crippen LogP contribution is 2.35. The molecule has 12 heteroatoms. The Hall–Kier alpha value is -3.99. The number of fused-ring (bicyclic) bond motifs is 1. The molecule has 9 nitrogen and oxygen atoms in total. The summed E-state index contributed by atoms with van der Waals surface area (Å²) in [4.78, 5) is 20.7. The van der Waals surface area contributed by atoms with E-state index in [1.54, 1.807) is 12.1 Å². The Morgan fingerprint density at radius 3 is 2.83 bits per heavy atom. The van der Waals surface area contributed by atoms with Crippen LogP contribution < -0.4 is 20.5 Å². The van der Waals surface area contributed by atoms with Gasteiger partial charge in [0, 0.05) is 29.1 Å². The van der Waals surface area contributed by atoms with Gasteiger partial charge in [0.05, 0.1) is 31.1 Å². The third-order valence-electron chi connectivity index (χ3n) is 5.13. The number of rotatable bonds is 10. The Kier molecular flexibility index (Phi) is 7.25. The lowest BCUT2D eigenvalue weighted by Crippen LogP contribution is -2.28. The second-order valence-electron chi connectivity index (χ2n) is 7.42. The molecule has 0 aliphatic heterocycles. The van der Waals surface area contributed by atoms with E-state index < -0.39 is 23.6 Å². The molecule has 1 atom stereocenters. The number of ether oxygens (including phenoxy) is 2. The fourth-order valence-electron chi connectivity index (χ4n) is 3.51. The average molecular weight is 503 g/mol. The highest BCUT2D eigenvalue weighted by Gasteiger charge is 2.26. The zero-order chi connectivity index (χ0) is 24.9. The fourth-order valence-corrected chi connectivity index (χ4v) is 3.62. The van der Waals surface area contributed by atoms with Crippen LogP contribution in [0, 0.1) is 11.6 Å². The molecule has 0 aliphatic carbocycles. The molecule has 0 saturated heterocycles. The zero-order valence-electron chi connectivity index (χ0n) is 18.5. The summed E-state index contributed by atoms with van der Waals surface area (Å²) in [6, 6.07) is 5.63. The van der Waals surface area contributed by atoms with Gasteiger partial charge in [-0.3, -0.25) is 9.48 Å². The Morgan fingerprint density at radius 2 is 2.09 bits per heavy atom. The number of alkyl halides is 1. The lowest BCUT2D eigenvalue weighted by Gasteiger charge is -2.15. The van der Waals surface area contributed by atoms with E-state index in [-0.39, 0.29) is 5.56 Å². The molecule has 0 bridgehead atoms. The number of primary amides is 1. The number of carbonyl (C=O) groups excluding carboxylic acids is 1. The summed E-state index contributed by atoms with van der Waals surface area (Å²) < 4.78 is 40.4. The number of hydrogen-bond acceptors (Lipinski definition) is 7. The van der Waals surface area contributed by atoms with Crippen LogP contribution in [-0.2, 0) is 4.79 Å². The highest BCUT2D eigenvalue weighted by molar-refractivity contribution is 6.17. The number of carbonyl (C=O) groups is 1. The number of hydrogen-bond donors (Lipinski definition) is 2. The molecule has 0 spiro atoms. The van der Waals surface area contributed by atoms with Crippen LogP contribution in [-0.4, -0.2) is 45.3 Å². The number of benzene rings is 2. The van der Waals surface area contributed by atoms with E-state index in [1.807, 2.05) is 0 Å². The molecule has 3 N–H and O–H groups in total. The summed E-state index contributed by atoms with van der Waals surface area (Å²) >= 11 is 5.71. The van der Waals surface area contributed by atoms with Gasteiger partial charge in [-0.1, -0.05) is 12.1 Å². The smallest absolute Gasteiger partial charge is 0.247 e. The third kappa shape index (κ3) is 5.09. The van der Waals surface area contributed by atoms with Crippen LogP contribution in [0.4, 0.5) is 20.3 Å². The predicted molar refractivity (Wildman–Crippen MR) is 126 cm³/mol. The number of nitrogens with zero attached hydrogens (tertiary/aromatic N) is 4. The largest absolute Gasteiger partial charge is 0.493 e. The molecule has 2 aromatic carbocycles. The van der Waals surface area contributed by atoms with Gasteiger partial charge in [-0.25, -0.2) is 18.7 Å². The summed E-state index contributed by atoms with van der Waals surface area (Å²) in [6.45, 7) is 0.424. The summed E-state index contributed by atoms with van der Waals surface area (Å²) in [6.07, 6.45) is 4.89. The molecule has 0 fully saturated rings. The van der Waals surface area contributed by atoms with E-state index in [4.69, 9.17) is 26.8 Å². The number of nitrogens with two attached hydrogens (primary N) is 1. The Morgan fingerprint density at radius 1 is 1.26 bits per heavy atom. The van der Waals surface area contributed by atoms with Crippen molar-refractivity contribution in [3.05, 3.63) is 66.3 Å². The van der Waals surface area contributed by atoms with Crippen LogP contribution in [0.5, 0.6) is 11.5 Å². The maximum atomic E-state index is 14.3. The van der Waals surface area contributed by atoms with Gasteiger partial charge in [0.1, 0.15) is 12.1 Å². The lowest BCUT2D eigenvalue weighted by atomic mass is 10.1. The van der Waals surface area contributed by atoms with Crippen molar-refractivity contribution in [1.29, 1.82) is 0 Å². The number of aromatic nitrogens is 4. The van der Waals surface area contributed by atoms with Crippen LogP contribution in [0.1, 0.15) is 18.0 Å². The van der Waals surface area contributed by atoms with Crippen LogP contribution in [0.2, 0.25) is 0 Å². The zero-order valence-corrected chi connectivity index (χ0v) is 19.3. The van der Waals surface area contributed by atoms with E-state index in [2.05, 4.69) is 20.4 Å². The maximum absolute atomic E-state index is 14.3. The molecule has 182 valence electrons. The van der Waals surface area contributed by atoms with E-state index in [1.165, 1.54) is 38.0 Å². The van der Waals surface area contributed by atoms with Gasteiger partial charge in [0.2, 0.25) is 5.91 Å². The van der Waals surface area contributed by atoms with Crippen molar-refractivity contribution in [3.8, 4) is 11.5 Å². The fraction of sp³-hybridized carbons (Fsp3) is 0.217. The normalized spacial score (nSPS) is 11.9. The van der Waals surface area contributed by atoms with Gasteiger partial charge in [-0.05, 0) is 18.6 Å². The second kappa shape index (κ2) is 10.5. The van der Waals surface area contributed by atoms with Gasteiger partial charge in [0.25, 0.3) is 0 Å². The van der Waals surface area contributed by atoms with E-state index in [0.29, 0.717) is 52.8 Å². The first kappa shape index (κ1) is 24.1. The Bertz CT molecular complexity index is 1370. The Labute approximate surface area is 203 Å². The summed E-state index contributed by atoms with van der Waals surface area (Å²) in [5.74, 6) is -1.26. The molecule has 0 aliphatic rings. The van der Waals surface area contributed by atoms with E-state index >= 15 is 0 Å². The monoisotopic (exact) mass is 502 g/mol. The van der Waals surface area contributed by atoms with Crippen LogP contribution in [0.25, 0.3) is 10.9 Å². The number of halogens is 3. The predicted octanol–water partition coefficient (Wildman–Crippen LogP) is 3.94. The molecule has 0 radical (unpaired) electrons. The van der Waals surface area contributed by atoms with E-state index in [9.17, 15) is 13.6 Å². The van der Waals surface area contributed by atoms with Crippen molar-refractivity contribution in [2.75, 3.05) is 24.9 Å². The minimum Gasteiger partial charge on any atom is -0.493 e. The molecule has 2 heterocycles. The quantitative estimate of drug-likeness (QED) is 0.249. The highest BCUT2D eigenvalue weighted by atomic mass is 35.5. The Balaban J connectivity index is 1.65. The van der Waals surface area contributed by atoms with Crippen molar-refractivity contribution < 1.29 is 23.0 Å². The molecule has 0 saturated carbocycles. The molecule has 4 aromatic rings. The molecule has 4 rings (SSSR count). The third-order valence-corrected chi connectivity index (χ3v) is 5.40. The van der Waals surface area contributed by atoms with Crippen LogP contribution in [0.3, 0.4) is 0 Å². The SMILES string of the molecule is COc1cc2c(Nc3cnn(C(C(N)=O)c4cccc(F)c4F)c3)ncnc2cc1OCCCCl. The summed E-state index contributed by atoms with van der Waals surface area (Å²) in [7, 11) is 1.52. The first-order valence-electron chi connectivity index (χ1n) is 10.5. The van der Waals surface area contributed by atoms with Gasteiger partial charge in [0.15, 0.2) is 29.2 Å². The molecular formula is C23H21ClF2N6O3. The van der Waals surface area contributed by atoms with Crippen LogP contribution >= 0.6 is 11.6 Å². The van der Waals surface area contributed by atoms with Crippen molar-refractivity contribution in [1.82, 2.24) is 19.7 Å². The lowest BCUT2D eigenvalue weighted by molar-refractivity contribution is -0.120. The standard InChI is InChI=1S/C23H21ClF2N6O3/c1-34-18-8-15-17(9-19(18)35-7-3-6-24)28-12-29-23(15)31-13-10-30-32(11-13)21(22(27)33)14-4-2-5-16(25)20(14)26/h2,4-5,8-12,21H,3,6-7H2,1H3,(H2,27,33)(H,28,29,31). The number of amides is 1. The van der Waals surface area contributed by atoms with Crippen molar-refractivity contribution in [2.45, 2.75) is 12.5 Å². The van der Waals surface area contributed by atoms with Crippen molar-refractivity contribution in [2.24, 2.45) is 5.73 Å². The van der Waals surface area contributed by atoms with Crippen LogP contribution in [0.15, 0.2) is 49.1 Å². The van der Waals surface area contributed by atoms with Gasteiger partial charge in [-0.15, -0.1) is 11.6 Å². The molecule has 35 heavy (non-hydrogen) atoms. The number of methoxy groups -OCH3 is 1. The van der Waals surface area contributed by atoms with Gasteiger partial charge < -0.3 is 20.5 Å². The molecular weight excluding hydrogens is 482 g/mol. The minimum absolute atomic E-state index is 0.230. The summed E-state index contributed by atoms with van der Waals surface area (Å²) in [5, 5.41) is 7.84. The van der Waals surface area contributed by atoms with Gasteiger partial charge >= 0.3 is 0 Å². The average Bonchev–Trinajstić information content (AvgIpc) is 3.29. The second-order valence-corrected chi connectivity index (χ2v) is 7.79. The first-order valence-corrected chi connectivity index (χ1v) is 11.0.